The molecule has 1 aromatic carbocycles. The van der Waals surface area contributed by atoms with Gasteiger partial charge in [-0.1, -0.05) is 6.07 Å². The average molecular weight is 277 g/mol. The summed E-state index contributed by atoms with van der Waals surface area (Å²) in [5.74, 6) is 0.709. The van der Waals surface area contributed by atoms with Crippen molar-refractivity contribution in [3.8, 4) is 5.75 Å². The highest BCUT2D eigenvalue weighted by Gasteiger charge is 2.18. The number of aliphatic hydroxyl groups excluding tert-OH is 1. The van der Waals surface area contributed by atoms with E-state index in [-0.39, 0.29) is 12.5 Å². The predicted octanol–water partition coefficient (Wildman–Crippen LogP) is 2.46. The summed E-state index contributed by atoms with van der Waals surface area (Å²) >= 11 is 0. The summed E-state index contributed by atoms with van der Waals surface area (Å²) in [6, 6.07) is 7.35. The van der Waals surface area contributed by atoms with Crippen LogP contribution in [0, 0.1) is 0 Å². The summed E-state index contributed by atoms with van der Waals surface area (Å²) in [5, 5.41) is 8.99. The number of hydrogen-bond donors (Lipinski definition) is 1. The second-order valence-electron chi connectivity index (χ2n) is 5.16. The monoisotopic (exact) mass is 277 g/mol. The zero-order chi connectivity index (χ0) is 14.4. The van der Waals surface area contributed by atoms with Crippen LogP contribution in [-0.2, 0) is 0 Å². The Balaban J connectivity index is 2.05. The molecule has 1 aromatic rings. The van der Waals surface area contributed by atoms with Gasteiger partial charge < -0.3 is 14.7 Å². The number of carbonyl (C=O) groups excluding carboxylic acids is 1. The highest BCUT2D eigenvalue weighted by molar-refractivity contribution is 5.94. The SMILES string of the molecule is CCN(CCO)C(=O)c1cccc(OC2CCCC2)c1. The first-order valence-corrected chi connectivity index (χ1v) is 7.41. The van der Waals surface area contributed by atoms with Gasteiger partial charge in [0.15, 0.2) is 0 Å². The Labute approximate surface area is 120 Å². The van der Waals surface area contributed by atoms with Crippen LogP contribution in [0.4, 0.5) is 0 Å². The first-order chi connectivity index (χ1) is 9.74. The lowest BCUT2D eigenvalue weighted by molar-refractivity contribution is 0.0731. The van der Waals surface area contributed by atoms with E-state index in [0.29, 0.717) is 24.8 Å². The summed E-state index contributed by atoms with van der Waals surface area (Å²) in [4.78, 5) is 13.9. The van der Waals surface area contributed by atoms with Gasteiger partial charge in [0.1, 0.15) is 5.75 Å². The van der Waals surface area contributed by atoms with E-state index in [2.05, 4.69) is 0 Å². The summed E-state index contributed by atoms with van der Waals surface area (Å²) in [6.45, 7) is 2.85. The fourth-order valence-electron chi connectivity index (χ4n) is 2.61. The highest BCUT2D eigenvalue weighted by Crippen LogP contribution is 2.24. The molecule has 1 fully saturated rings. The van der Waals surface area contributed by atoms with Crippen LogP contribution in [-0.4, -0.2) is 41.7 Å². The van der Waals surface area contributed by atoms with Crippen LogP contribution in [0.15, 0.2) is 24.3 Å². The summed E-state index contributed by atoms with van der Waals surface area (Å²) < 4.78 is 5.92. The minimum atomic E-state index is -0.0570. The molecule has 110 valence electrons. The molecule has 0 atom stereocenters. The molecule has 0 heterocycles. The van der Waals surface area contributed by atoms with E-state index in [4.69, 9.17) is 9.84 Å². The van der Waals surface area contributed by atoms with E-state index in [1.165, 1.54) is 12.8 Å². The molecular formula is C16H23NO3. The van der Waals surface area contributed by atoms with Crippen molar-refractivity contribution in [1.82, 2.24) is 4.90 Å². The van der Waals surface area contributed by atoms with Gasteiger partial charge in [-0.3, -0.25) is 4.79 Å². The number of likely N-dealkylation sites (N-methyl/N-ethyl adjacent to an activating group) is 1. The third kappa shape index (κ3) is 3.73. The molecule has 0 unspecified atom stereocenters. The second kappa shape index (κ2) is 7.29. The number of rotatable bonds is 6. The van der Waals surface area contributed by atoms with Crippen molar-refractivity contribution in [2.75, 3.05) is 19.7 Å². The number of ether oxygens (including phenoxy) is 1. The van der Waals surface area contributed by atoms with E-state index in [0.717, 1.165) is 18.6 Å². The molecule has 4 nitrogen and oxygen atoms in total. The smallest absolute Gasteiger partial charge is 0.254 e. The van der Waals surface area contributed by atoms with Crippen molar-refractivity contribution in [1.29, 1.82) is 0 Å². The summed E-state index contributed by atoms with van der Waals surface area (Å²) in [6.07, 6.45) is 4.94. The van der Waals surface area contributed by atoms with Gasteiger partial charge >= 0.3 is 0 Å². The lowest BCUT2D eigenvalue weighted by Crippen LogP contribution is -2.33. The van der Waals surface area contributed by atoms with Gasteiger partial charge in [0.25, 0.3) is 5.91 Å². The number of carbonyl (C=O) groups is 1. The number of amides is 1. The van der Waals surface area contributed by atoms with Gasteiger partial charge in [0.05, 0.1) is 12.7 Å². The van der Waals surface area contributed by atoms with E-state index in [1.54, 1.807) is 17.0 Å². The van der Waals surface area contributed by atoms with Crippen LogP contribution in [0.3, 0.4) is 0 Å². The molecule has 0 bridgehead atoms. The van der Waals surface area contributed by atoms with Gasteiger partial charge in [0.2, 0.25) is 0 Å². The normalized spacial score (nSPS) is 15.3. The van der Waals surface area contributed by atoms with E-state index in [9.17, 15) is 4.79 Å². The molecule has 1 amide bonds. The molecule has 1 aliphatic rings. The van der Waals surface area contributed by atoms with Crippen molar-refractivity contribution >= 4 is 5.91 Å². The first kappa shape index (κ1) is 14.9. The van der Waals surface area contributed by atoms with Crippen molar-refractivity contribution in [3.05, 3.63) is 29.8 Å². The molecule has 0 radical (unpaired) electrons. The van der Waals surface area contributed by atoms with Crippen molar-refractivity contribution in [2.24, 2.45) is 0 Å². The molecule has 0 aromatic heterocycles. The van der Waals surface area contributed by atoms with Crippen molar-refractivity contribution in [3.63, 3.8) is 0 Å². The standard InChI is InChI=1S/C16H23NO3/c1-2-17(10-11-18)16(19)13-6-5-9-15(12-13)20-14-7-3-4-8-14/h5-6,9,12,14,18H,2-4,7-8,10-11H2,1H3. The molecule has 0 aliphatic heterocycles. The Morgan fingerprint density at radius 3 is 2.80 bits per heavy atom. The van der Waals surface area contributed by atoms with Gasteiger partial charge in [-0.05, 0) is 50.8 Å². The minimum Gasteiger partial charge on any atom is -0.490 e. The summed E-state index contributed by atoms with van der Waals surface area (Å²) in [5.41, 5.74) is 0.621. The molecular weight excluding hydrogens is 254 g/mol. The van der Waals surface area contributed by atoms with Crippen LogP contribution < -0.4 is 4.74 Å². The maximum absolute atomic E-state index is 12.3. The van der Waals surface area contributed by atoms with E-state index >= 15 is 0 Å². The fourth-order valence-corrected chi connectivity index (χ4v) is 2.61. The van der Waals surface area contributed by atoms with Gasteiger partial charge in [-0.2, -0.15) is 0 Å². The van der Waals surface area contributed by atoms with Crippen LogP contribution in [0.25, 0.3) is 0 Å². The molecule has 1 N–H and O–H groups in total. The lowest BCUT2D eigenvalue weighted by Gasteiger charge is -2.20. The molecule has 1 saturated carbocycles. The lowest BCUT2D eigenvalue weighted by atomic mass is 10.2. The van der Waals surface area contributed by atoms with Crippen LogP contribution in [0.1, 0.15) is 43.0 Å². The third-order valence-electron chi connectivity index (χ3n) is 3.72. The zero-order valence-electron chi connectivity index (χ0n) is 12.0. The summed E-state index contributed by atoms with van der Waals surface area (Å²) in [7, 11) is 0. The predicted molar refractivity (Wildman–Crippen MR) is 78.0 cm³/mol. The molecule has 0 saturated heterocycles. The molecule has 4 heteroatoms. The zero-order valence-corrected chi connectivity index (χ0v) is 12.0. The van der Waals surface area contributed by atoms with Crippen LogP contribution in [0.5, 0.6) is 5.75 Å². The Kier molecular flexibility index (Phi) is 5.41. The largest absolute Gasteiger partial charge is 0.490 e. The number of hydrogen-bond acceptors (Lipinski definition) is 3. The van der Waals surface area contributed by atoms with Crippen molar-refractivity contribution < 1.29 is 14.6 Å². The Morgan fingerprint density at radius 1 is 1.40 bits per heavy atom. The van der Waals surface area contributed by atoms with Gasteiger partial charge in [-0.15, -0.1) is 0 Å². The number of aliphatic hydroxyl groups is 1. The Bertz CT molecular complexity index is 441. The van der Waals surface area contributed by atoms with Gasteiger partial charge in [0, 0.05) is 18.7 Å². The van der Waals surface area contributed by atoms with E-state index < -0.39 is 0 Å². The second-order valence-corrected chi connectivity index (χ2v) is 5.16. The maximum Gasteiger partial charge on any atom is 0.254 e. The maximum atomic E-state index is 12.3. The fraction of sp³-hybridized carbons (Fsp3) is 0.562. The first-order valence-electron chi connectivity index (χ1n) is 7.41. The molecule has 2 rings (SSSR count). The van der Waals surface area contributed by atoms with Crippen molar-refractivity contribution in [2.45, 2.75) is 38.7 Å². The Morgan fingerprint density at radius 2 is 2.15 bits per heavy atom. The number of nitrogens with zero attached hydrogens (tertiary/aromatic N) is 1. The molecule has 0 spiro atoms. The van der Waals surface area contributed by atoms with Gasteiger partial charge in [-0.25, -0.2) is 0 Å². The third-order valence-corrected chi connectivity index (χ3v) is 3.72. The number of benzene rings is 1. The molecule has 20 heavy (non-hydrogen) atoms. The topological polar surface area (TPSA) is 49.8 Å². The van der Waals surface area contributed by atoms with E-state index in [1.807, 2.05) is 19.1 Å². The average Bonchev–Trinajstić information content (AvgIpc) is 2.97. The minimum absolute atomic E-state index is 0.0160. The highest BCUT2D eigenvalue weighted by atomic mass is 16.5. The van der Waals surface area contributed by atoms with Crippen LogP contribution >= 0.6 is 0 Å². The van der Waals surface area contributed by atoms with Crippen LogP contribution in [0.2, 0.25) is 0 Å². The Hall–Kier alpha value is -1.55. The quantitative estimate of drug-likeness (QED) is 0.869. The molecule has 1 aliphatic carbocycles.